The normalized spacial score (nSPS) is 12.8. The molecule has 0 spiro atoms. The van der Waals surface area contributed by atoms with Crippen molar-refractivity contribution in [2.24, 2.45) is 0 Å². The molecule has 18 heavy (non-hydrogen) atoms. The number of aliphatic hydroxyl groups excluding tert-OH is 1. The topological polar surface area (TPSA) is 63.0 Å². The van der Waals surface area contributed by atoms with Crippen molar-refractivity contribution in [3.05, 3.63) is 34.5 Å². The number of hydrogen-bond donors (Lipinski definition) is 2. The highest BCUT2D eigenvalue weighted by atomic mass is 32.1. The van der Waals surface area contributed by atoms with Gasteiger partial charge in [-0.25, -0.2) is 4.98 Å². The number of thiazole rings is 1. The zero-order valence-corrected chi connectivity index (χ0v) is 11.2. The Hall–Kier alpha value is -1.24. The predicted octanol–water partition coefficient (Wildman–Crippen LogP) is 0.841. The van der Waals surface area contributed by atoms with Gasteiger partial charge in [0.1, 0.15) is 0 Å². The Balaban J connectivity index is 1.60. The molecule has 98 valence electrons. The molecule has 2 aromatic heterocycles. The van der Waals surface area contributed by atoms with Crippen LogP contribution in [0.25, 0.3) is 0 Å². The third-order valence-corrected chi connectivity index (χ3v) is 3.38. The molecule has 0 aliphatic carbocycles. The van der Waals surface area contributed by atoms with Crippen LogP contribution in [0.4, 0.5) is 0 Å². The highest BCUT2D eigenvalue weighted by Crippen LogP contribution is 2.07. The Morgan fingerprint density at radius 3 is 3.11 bits per heavy atom. The molecule has 1 atom stereocenters. The molecule has 2 N–H and O–H groups in total. The van der Waals surface area contributed by atoms with Crippen LogP contribution in [0.1, 0.15) is 10.7 Å². The van der Waals surface area contributed by atoms with Gasteiger partial charge in [0.15, 0.2) is 0 Å². The van der Waals surface area contributed by atoms with Crippen LogP contribution < -0.4 is 5.32 Å². The van der Waals surface area contributed by atoms with E-state index in [0.717, 1.165) is 23.7 Å². The van der Waals surface area contributed by atoms with Crippen LogP contribution in [-0.4, -0.2) is 39.1 Å². The minimum atomic E-state index is -0.415. The summed E-state index contributed by atoms with van der Waals surface area (Å²) in [6, 6.07) is 1.85. The summed E-state index contributed by atoms with van der Waals surface area (Å²) in [5, 5.41) is 20.3. The molecular weight excluding hydrogens is 248 g/mol. The van der Waals surface area contributed by atoms with Gasteiger partial charge in [-0.2, -0.15) is 5.10 Å². The standard InChI is InChI=1S/C12H18N4OS/c1-10-15-11(9-18-10)3-5-13-7-12(17)8-16-6-2-4-14-16/h2,4,6,9,12-13,17H,3,5,7-8H2,1H3. The highest BCUT2D eigenvalue weighted by Gasteiger charge is 2.05. The van der Waals surface area contributed by atoms with Crippen molar-refractivity contribution >= 4 is 11.3 Å². The second-order valence-electron chi connectivity index (χ2n) is 4.19. The van der Waals surface area contributed by atoms with Gasteiger partial charge in [0, 0.05) is 37.3 Å². The number of aryl methyl sites for hydroxylation is 1. The molecule has 1 unspecified atom stereocenters. The van der Waals surface area contributed by atoms with E-state index in [0.29, 0.717) is 13.1 Å². The molecule has 0 aliphatic heterocycles. The van der Waals surface area contributed by atoms with Gasteiger partial charge in [-0.1, -0.05) is 0 Å². The quantitative estimate of drug-likeness (QED) is 0.729. The van der Waals surface area contributed by atoms with E-state index in [1.165, 1.54) is 0 Å². The molecule has 0 bridgehead atoms. The summed E-state index contributed by atoms with van der Waals surface area (Å²) in [6.45, 7) is 3.94. The fraction of sp³-hybridized carbons (Fsp3) is 0.500. The summed E-state index contributed by atoms with van der Waals surface area (Å²) in [4.78, 5) is 4.39. The van der Waals surface area contributed by atoms with Gasteiger partial charge >= 0.3 is 0 Å². The molecule has 2 aromatic rings. The van der Waals surface area contributed by atoms with Gasteiger partial charge in [-0.15, -0.1) is 11.3 Å². The highest BCUT2D eigenvalue weighted by molar-refractivity contribution is 7.09. The fourth-order valence-corrected chi connectivity index (χ4v) is 2.34. The van der Waals surface area contributed by atoms with Gasteiger partial charge in [-0.05, 0) is 13.0 Å². The zero-order chi connectivity index (χ0) is 12.8. The lowest BCUT2D eigenvalue weighted by molar-refractivity contribution is 0.147. The van der Waals surface area contributed by atoms with E-state index in [2.05, 4.69) is 20.8 Å². The van der Waals surface area contributed by atoms with Crippen molar-refractivity contribution < 1.29 is 5.11 Å². The second kappa shape index (κ2) is 6.63. The fourth-order valence-electron chi connectivity index (χ4n) is 1.70. The van der Waals surface area contributed by atoms with Crippen LogP contribution in [0.15, 0.2) is 23.8 Å². The maximum Gasteiger partial charge on any atom is 0.0897 e. The summed E-state index contributed by atoms with van der Waals surface area (Å²) in [5.41, 5.74) is 1.12. The zero-order valence-electron chi connectivity index (χ0n) is 10.4. The van der Waals surface area contributed by atoms with Crippen LogP contribution >= 0.6 is 11.3 Å². The maximum absolute atomic E-state index is 9.79. The van der Waals surface area contributed by atoms with Crippen LogP contribution in [0, 0.1) is 6.92 Å². The van der Waals surface area contributed by atoms with E-state index in [9.17, 15) is 5.11 Å². The lowest BCUT2D eigenvalue weighted by Crippen LogP contribution is -2.31. The molecule has 0 amide bonds. The number of aromatic nitrogens is 3. The van der Waals surface area contributed by atoms with E-state index in [-0.39, 0.29) is 0 Å². The summed E-state index contributed by atoms with van der Waals surface area (Å²) in [7, 11) is 0. The largest absolute Gasteiger partial charge is 0.390 e. The molecule has 0 radical (unpaired) electrons. The van der Waals surface area contributed by atoms with E-state index in [4.69, 9.17) is 0 Å². The van der Waals surface area contributed by atoms with Crippen molar-refractivity contribution in [2.45, 2.75) is 26.0 Å². The van der Waals surface area contributed by atoms with E-state index in [1.807, 2.05) is 19.2 Å². The minimum absolute atomic E-state index is 0.415. The van der Waals surface area contributed by atoms with E-state index >= 15 is 0 Å². The number of hydrogen-bond acceptors (Lipinski definition) is 5. The van der Waals surface area contributed by atoms with Crippen molar-refractivity contribution in [3.8, 4) is 0 Å². The van der Waals surface area contributed by atoms with Gasteiger partial charge in [0.2, 0.25) is 0 Å². The maximum atomic E-state index is 9.79. The lowest BCUT2D eigenvalue weighted by atomic mass is 10.3. The first-order chi connectivity index (χ1) is 8.74. The second-order valence-corrected chi connectivity index (χ2v) is 5.26. The molecule has 0 aliphatic rings. The van der Waals surface area contributed by atoms with Crippen molar-refractivity contribution in [1.82, 2.24) is 20.1 Å². The van der Waals surface area contributed by atoms with Gasteiger partial charge in [-0.3, -0.25) is 4.68 Å². The smallest absolute Gasteiger partial charge is 0.0897 e. The minimum Gasteiger partial charge on any atom is -0.390 e. The SMILES string of the molecule is Cc1nc(CCNCC(O)Cn2cccn2)cs1. The van der Waals surface area contributed by atoms with E-state index < -0.39 is 6.10 Å². The Morgan fingerprint density at radius 2 is 2.44 bits per heavy atom. The van der Waals surface area contributed by atoms with Gasteiger partial charge in [0.05, 0.1) is 23.4 Å². The molecule has 2 rings (SSSR count). The number of aliphatic hydroxyl groups is 1. The molecule has 6 heteroatoms. The van der Waals surface area contributed by atoms with Crippen LogP contribution in [-0.2, 0) is 13.0 Å². The third kappa shape index (κ3) is 4.21. The first-order valence-corrected chi connectivity index (χ1v) is 6.89. The summed E-state index contributed by atoms with van der Waals surface area (Å²) in [5.74, 6) is 0. The number of nitrogens with one attached hydrogen (secondary N) is 1. The third-order valence-electron chi connectivity index (χ3n) is 2.56. The average Bonchev–Trinajstić information content (AvgIpc) is 2.96. The first kappa shape index (κ1) is 13.2. The summed E-state index contributed by atoms with van der Waals surface area (Å²) >= 11 is 1.67. The van der Waals surface area contributed by atoms with Crippen LogP contribution in [0.5, 0.6) is 0 Å². The predicted molar refractivity (Wildman–Crippen MR) is 71.7 cm³/mol. The Labute approximate surface area is 110 Å². The Kier molecular flexibility index (Phi) is 4.86. The van der Waals surface area contributed by atoms with Crippen LogP contribution in [0.2, 0.25) is 0 Å². The molecule has 0 saturated carbocycles. The molecule has 5 nitrogen and oxygen atoms in total. The lowest BCUT2D eigenvalue weighted by Gasteiger charge is -2.11. The number of rotatable bonds is 7. The molecular formula is C12H18N4OS. The first-order valence-electron chi connectivity index (χ1n) is 6.01. The van der Waals surface area contributed by atoms with E-state index in [1.54, 1.807) is 22.2 Å². The van der Waals surface area contributed by atoms with Crippen molar-refractivity contribution in [2.75, 3.05) is 13.1 Å². The van der Waals surface area contributed by atoms with Crippen molar-refractivity contribution in [3.63, 3.8) is 0 Å². The molecule has 0 fully saturated rings. The van der Waals surface area contributed by atoms with Gasteiger partial charge in [0.25, 0.3) is 0 Å². The molecule has 0 saturated heterocycles. The summed E-state index contributed by atoms with van der Waals surface area (Å²) < 4.78 is 1.73. The van der Waals surface area contributed by atoms with Gasteiger partial charge < -0.3 is 10.4 Å². The number of nitrogens with zero attached hydrogens (tertiary/aromatic N) is 3. The molecule has 0 aromatic carbocycles. The van der Waals surface area contributed by atoms with Crippen LogP contribution in [0.3, 0.4) is 0 Å². The average molecular weight is 266 g/mol. The Bertz CT molecular complexity index is 454. The Morgan fingerprint density at radius 1 is 1.56 bits per heavy atom. The summed E-state index contributed by atoms with van der Waals surface area (Å²) in [6.07, 6.45) is 4.05. The van der Waals surface area contributed by atoms with Crippen molar-refractivity contribution in [1.29, 1.82) is 0 Å². The monoisotopic (exact) mass is 266 g/mol. The molecule has 2 heterocycles.